The van der Waals surface area contributed by atoms with Crippen LogP contribution in [0.3, 0.4) is 0 Å². The molecule has 0 aromatic rings. The van der Waals surface area contributed by atoms with Gasteiger partial charge < -0.3 is 0 Å². The van der Waals surface area contributed by atoms with Crippen LogP contribution in [-0.2, 0) is 0 Å². The molecule has 60 valence electrons. The van der Waals surface area contributed by atoms with Gasteiger partial charge >= 0.3 is 0 Å². The lowest BCUT2D eigenvalue weighted by Crippen LogP contribution is -1.62. The first kappa shape index (κ1) is 12.5. The smallest absolute Gasteiger partial charge is 0.0398 e. The Bertz CT molecular complexity index is 166. The third-order valence-corrected chi connectivity index (χ3v) is 0.981. The van der Waals surface area contributed by atoms with Gasteiger partial charge in [-0.25, -0.2) is 0 Å². The van der Waals surface area contributed by atoms with Crippen molar-refractivity contribution < 1.29 is 0 Å². The third kappa shape index (κ3) is 12.1. The van der Waals surface area contributed by atoms with Crippen molar-refractivity contribution in [3.05, 3.63) is 36.0 Å². The van der Waals surface area contributed by atoms with Gasteiger partial charge in [-0.3, -0.25) is 0 Å². The monoisotopic (exact) mass is 148 g/mol. The standard InChI is InChI=1S/C9H14.C2H2/c1-4-6-8-9(3)7-5-2;1-2/h4-8H,1-3H3;1-2H/b6-4+,7-5-,9-8-;. The van der Waals surface area contributed by atoms with Crippen LogP contribution < -0.4 is 0 Å². The summed E-state index contributed by atoms with van der Waals surface area (Å²) in [6.45, 7) is 6.12. The number of allylic oxidation sites excluding steroid dienone is 6. The Morgan fingerprint density at radius 3 is 2.00 bits per heavy atom. The van der Waals surface area contributed by atoms with Crippen molar-refractivity contribution in [2.24, 2.45) is 0 Å². The van der Waals surface area contributed by atoms with Crippen molar-refractivity contribution in [2.75, 3.05) is 0 Å². The molecule has 0 atom stereocenters. The van der Waals surface area contributed by atoms with Crippen LogP contribution in [-0.4, -0.2) is 0 Å². The third-order valence-electron chi connectivity index (χ3n) is 0.981. The minimum Gasteiger partial charge on any atom is -0.124 e. The van der Waals surface area contributed by atoms with E-state index in [0.717, 1.165) is 0 Å². The summed E-state index contributed by atoms with van der Waals surface area (Å²) in [5.74, 6) is 0. The number of hydrogen-bond donors (Lipinski definition) is 0. The second-order valence-corrected chi connectivity index (χ2v) is 1.94. The van der Waals surface area contributed by atoms with E-state index < -0.39 is 0 Å². The fraction of sp³-hybridized carbons (Fsp3) is 0.273. The van der Waals surface area contributed by atoms with Crippen molar-refractivity contribution >= 4 is 0 Å². The van der Waals surface area contributed by atoms with Crippen LogP contribution in [0.25, 0.3) is 0 Å². The first-order valence-electron chi connectivity index (χ1n) is 3.57. The highest BCUT2D eigenvalue weighted by Gasteiger charge is 1.72. The highest BCUT2D eigenvalue weighted by atomic mass is 13.8. The predicted molar refractivity (Wildman–Crippen MR) is 53.3 cm³/mol. The highest BCUT2D eigenvalue weighted by Crippen LogP contribution is 1.93. The minimum atomic E-state index is 1.29. The normalized spacial score (nSPS) is 11.5. The Labute approximate surface area is 70.3 Å². The van der Waals surface area contributed by atoms with E-state index in [1.165, 1.54) is 5.57 Å². The first-order chi connectivity index (χ1) is 5.31. The Hall–Kier alpha value is -1.22. The van der Waals surface area contributed by atoms with Gasteiger partial charge in [0.1, 0.15) is 0 Å². The Balaban J connectivity index is 0. The SMILES string of the molecule is C#C.C\C=C/C(C)=C\C=C\C. The maximum Gasteiger partial charge on any atom is -0.0398 e. The molecule has 0 nitrogen and oxygen atoms in total. The van der Waals surface area contributed by atoms with Gasteiger partial charge in [0.15, 0.2) is 0 Å². The second kappa shape index (κ2) is 11.6. The average molecular weight is 148 g/mol. The lowest BCUT2D eigenvalue weighted by molar-refractivity contribution is 1.50. The lowest BCUT2D eigenvalue weighted by atomic mass is 10.2. The van der Waals surface area contributed by atoms with Gasteiger partial charge in [-0.15, -0.1) is 12.8 Å². The molecule has 0 heterocycles. The largest absolute Gasteiger partial charge is 0.124 e. The van der Waals surface area contributed by atoms with E-state index in [2.05, 4.69) is 31.9 Å². The maximum atomic E-state index is 4.00. The zero-order valence-corrected chi connectivity index (χ0v) is 7.54. The Morgan fingerprint density at radius 2 is 1.64 bits per heavy atom. The van der Waals surface area contributed by atoms with E-state index in [-0.39, 0.29) is 0 Å². The molecule has 0 unspecified atom stereocenters. The summed E-state index contributed by atoms with van der Waals surface area (Å²) in [6.07, 6.45) is 18.3. The zero-order valence-electron chi connectivity index (χ0n) is 7.54. The second-order valence-electron chi connectivity index (χ2n) is 1.94. The van der Waals surface area contributed by atoms with Gasteiger partial charge in [0, 0.05) is 0 Å². The molecule has 0 saturated carbocycles. The molecule has 0 N–H and O–H groups in total. The maximum absolute atomic E-state index is 4.00. The van der Waals surface area contributed by atoms with E-state index in [1.807, 2.05) is 32.1 Å². The quantitative estimate of drug-likeness (QED) is 0.416. The van der Waals surface area contributed by atoms with Crippen LogP contribution in [0.1, 0.15) is 20.8 Å². The van der Waals surface area contributed by atoms with E-state index in [4.69, 9.17) is 0 Å². The topological polar surface area (TPSA) is 0 Å². The fourth-order valence-electron chi connectivity index (χ4n) is 0.566. The lowest BCUT2D eigenvalue weighted by Gasteiger charge is -1.83. The molecule has 0 bridgehead atoms. The summed E-state index contributed by atoms with van der Waals surface area (Å²) in [5, 5.41) is 0. The molecule has 0 aliphatic carbocycles. The van der Waals surface area contributed by atoms with Gasteiger partial charge in [0.2, 0.25) is 0 Å². The van der Waals surface area contributed by atoms with E-state index >= 15 is 0 Å². The van der Waals surface area contributed by atoms with Crippen LogP contribution in [0.2, 0.25) is 0 Å². The molecule has 0 aromatic heterocycles. The number of terminal acetylenes is 1. The average Bonchev–Trinajstić information content (AvgIpc) is 2.05. The van der Waals surface area contributed by atoms with Crippen LogP contribution in [0.4, 0.5) is 0 Å². The predicted octanol–water partition coefficient (Wildman–Crippen LogP) is 3.33. The summed E-state index contributed by atoms with van der Waals surface area (Å²) >= 11 is 0. The van der Waals surface area contributed by atoms with Crippen molar-refractivity contribution in [3.63, 3.8) is 0 Å². The Morgan fingerprint density at radius 1 is 1.09 bits per heavy atom. The van der Waals surface area contributed by atoms with Crippen LogP contribution in [0, 0.1) is 12.8 Å². The molecule has 0 amide bonds. The number of hydrogen-bond acceptors (Lipinski definition) is 0. The van der Waals surface area contributed by atoms with Crippen molar-refractivity contribution in [2.45, 2.75) is 20.8 Å². The van der Waals surface area contributed by atoms with Crippen LogP contribution >= 0.6 is 0 Å². The first-order valence-corrected chi connectivity index (χ1v) is 3.57. The molecule has 0 aliphatic rings. The van der Waals surface area contributed by atoms with E-state index in [0.29, 0.717) is 0 Å². The van der Waals surface area contributed by atoms with Crippen molar-refractivity contribution in [1.29, 1.82) is 0 Å². The zero-order chi connectivity index (χ0) is 9.11. The van der Waals surface area contributed by atoms with Crippen LogP contribution in [0.5, 0.6) is 0 Å². The molecule has 0 saturated heterocycles. The van der Waals surface area contributed by atoms with Crippen LogP contribution in [0.15, 0.2) is 36.0 Å². The van der Waals surface area contributed by atoms with Gasteiger partial charge in [-0.2, -0.15) is 0 Å². The molecule has 0 rings (SSSR count). The highest BCUT2D eigenvalue weighted by molar-refractivity contribution is 5.20. The molecule has 0 fully saturated rings. The summed E-state index contributed by atoms with van der Waals surface area (Å²) < 4.78 is 0. The van der Waals surface area contributed by atoms with Crippen molar-refractivity contribution in [3.8, 4) is 12.8 Å². The molecule has 0 aromatic carbocycles. The van der Waals surface area contributed by atoms with Crippen molar-refractivity contribution in [1.82, 2.24) is 0 Å². The Kier molecular flexibility index (Phi) is 13.1. The van der Waals surface area contributed by atoms with E-state index in [1.54, 1.807) is 0 Å². The molecule has 0 radical (unpaired) electrons. The molecule has 0 heteroatoms. The minimum absolute atomic E-state index is 1.29. The fourth-order valence-corrected chi connectivity index (χ4v) is 0.566. The summed E-state index contributed by atoms with van der Waals surface area (Å²) in [5.41, 5.74) is 1.29. The summed E-state index contributed by atoms with van der Waals surface area (Å²) in [4.78, 5) is 0. The summed E-state index contributed by atoms with van der Waals surface area (Å²) in [6, 6.07) is 0. The molecule has 0 aliphatic heterocycles. The van der Waals surface area contributed by atoms with Gasteiger partial charge in [0.05, 0.1) is 0 Å². The molecule has 11 heavy (non-hydrogen) atoms. The van der Waals surface area contributed by atoms with Gasteiger partial charge in [0.25, 0.3) is 0 Å². The molecule has 0 spiro atoms. The summed E-state index contributed by atoms with van der Waals surface area (Å²) in [7, 11) is 0. The molecular formula is C11H16. The van der Waals surface area contributed by atoms with E-state index in [9.17, 15) is 0 Å². The molecular weight excluding hydrogens is 132 g/mol. The number of rotatable bonds is 2. The van der Waals surface area contributed by atoms with Gasteiger partial charge in [-0.05, 0) is 20.8 Å². The van der Waals surface area contributed by atoms with Gasteiger partial charge in [-0.1, -0.05) is 36.0 Å².